The molecule has 1 aromatic carbocycles. The van der Waals surface area contributed by atoms with Gasteiger partial charge in [-0.05, 0) is 54.7 Å². The molecule has 0 aromatic heterocycles. The van der Waals surface area contributed by atoms with Gasteiger partial charge in [0.25, 0.3) is 5.91 Å². The number of hydrogen-bond acceptors (Lipinski definition) is 3. The molecule has 24 heavy (non-hydrogen) atoms. The van der Waals surface area contributed by atoms with Gasteiger partial charge in [-0.15, -0.1) is 0 Å². The van der Waals surface area contributed by atoms with Crippen molar-refractivity contribution in [3.05, 3.63) is 35.4 Å². The molecule has 1 aromatic rings. The Morgan fingerprint density at radius 3 is 2.88 bits per heavy atom. The minimum Gasteiger partial charge on any atom is -0.380 e. The highest BCUT2D eigenvalue weighted by Crippen LogP contribution is 2.41. The van der Waals surface area contributed by atoms with E-state index >= 15 is 0 Å². The molecule has 1 aliphatic carbocycles. The lowest BCUT2D eigenvalue weighted by Crippen LogP contribution is -2.56. The van der Waals surface area contributed by atoms with E-state index in [4.69, 9.17) is 5.26 Å². The number of nitrogens with one attached hydrogen (secondary N) is 1. The van der Waals surface area contributed by atoms with Crippen molar-refractivity contribution in [2.45, 2.75) is 52.1 Å². The fourth-order valence-electron chi connectivity index (χ4n) is 3.90. The summed E-state index contributed by atoms with van der Waals surface area (Å²) < 4.78 is 0. The molecule has 0 aliphatic heterocycles. The maximum Gasteiger partial charge on any atom is 0.252 e. The average Bonchev–Trinajstić information content (AvgIpc) is 2.54. The molecule has 2 rings (SSSR count). The SMILES string of the molecule is CC1CCC(C(C)C)C(O)(C(=O)NCCc2cccc(C#N)c2)C1. The summed E-state index contributed by atoms with van der Waals surface area (Å²) in [4.78, 5) is 12.7. The molecular weight excluding hydrogens is 300 g/mol. The Labute approximate surface area is 144 Å². The number of aliphatic hydroxyl groups is 1. The van der Waals surface area contributed by atoms with Crippen molar-refractivity contribution in [1.82, 2.24) is 5.32 Å². The molecule has 2 N–H and O–H groups in total. The standard InChI is InChI=1S/C20H28N2O2/c1-14(2)18-8-7-15(3)12-20(18,24)19(23)22-10-9-16-5-4-6-17(11-16)13-21/h4-6,11,14-15,18,24H,7-10,12H2,1-3H3,(H,22,23). The Balaban J connectivity index is 1.98. The van der Waals surface area contributed by atoms with Crippen LogP contribution in [0, 0.1) is 29.1 Å². The van der Waals surface area contributed by atoms with Gasteiger partial charge in [0.15, 0.2) is 0 Å². The number of nitrogens with zero attached hydrogens (tertiary/aromatic N) is 1. The Kier molecular flexibility index (Phi) is 6.01. The van der Waals surface area contributed by atoms with E-state index in [0.717, 1.165) is 18.4 Å². The Hall–Kier alpha value is -1.86. The highest BCUT2D eigenvalue weighted by molar-refractivity contribution is 5.85. The first-order valence-corrected chi connectivity index (χ1v) is 8.86. The Morgan fingerprint density at radius 2 is 2.21 bits per heavy atom. The second-order valence-corrected chi connectivity index (χ2v) is 7.48. The van der Waals surface area contributed by atoms with Crippen LogP contribution in [0.5, 0.6) is 0 Å². The second kappa shape index (κ2) is 7.81. The number of hydrogen-bond donors (Lipinski definition) is 2. The lowest BCUT2D eigenvalue weighted by molar-refractivity contribution is -0.155. The minimum atomic E-state index is -1.26. The van der Waals surface area contributed by atoms with Crippen molar-refractivity contribution < 1.29 is 9.90 Å². The van der Waals surface area contributed by atoms with E-state index in [0.29, 0.717) is 30.9 Å². The zero-order chi connectivity index (χ0) is 17.7. The number of rotatable bonds is 5. The van der Waals surface area contributed by atoms with E-state index in [-0.39, 0.29) is 17.7 Å². The van der Waals surface area contributed by atoms with Gasteiger partial charge in [0.1, 0.15) is 5.60 Å². The zero-order valence-electron chi connectivity index (χ0n) is 14.9. The van der Waals surface area contributed by atoms with E-state index in [9.17, 15) is 9.90 Å². The topological polar surface area (TPSA) is 73.1 Å². The van der Waals surface area contributed by atoms with Gasteiger partial charge in [0, 0.05) is 6.54 Å². The summed E-state index contributed by atoms with van der Waals surface area (Å²) in [5.41, 5.74) is 0.373. The molecule has 0 spiro atoms. The first-order chi connectivity index (χ1) is 11.4. The predicted octanol–water partition coefficient (Wildman–Crippen LogP) is 3.04. The highest BCUT2D eigenvalue weighted by Gasteiger charge is 2.48. The van der Waals surface area contributed by atoms with Crippen molar-refractivity contribution in [3.63, 3.8) is 0 Å². The number of amides is 1. The third-order valence-electron chi connectivity index (χ3n) is 5.20. The molecule has 1 aliphatic rings. The van der Waals surface area contributed by atoms with Crippen molar-refractivity contribution in [2.75, 3.05) is 6.54 Å². The van der Waals surface area contributed by atoms with Gasteiger partial charge in [-0.25, -0.2) is 0 Å². The van der Waals surface area contributed by atoms with Crippen LogP contribution in [0.4, 0.5) is 0 Å². The largest absolute Gasteiger partial charge is 0.380 e. The molecule has 4 heteroatoms. The van der Waals surface area contributed by atoms with E-state index in [1.54, 1.807) is 6.07 Å². The summed E-state index contributed by atoms with van der Waals surface area (Å²) in [6.07, 6.45) is 3.15. The van der Waals surface area contributed by atoms with Crippen LogP contribution in [0.3, 0.4) is 0 Å². The van der Waals surface area contributed by atoms with Crippen LogP contribution in [-0.2, 0) is 11.2 Å². The molecule has 1 fully saturated rings. The van der Waals surface area contributed by atoms with Crippen LogP contribution in [-0.4, -0.2) is 23.2 Å². The number of benzene rings is 1. The van der Waals surface area contributed by atoms with Crippen molar-refractivity contribution in [2.24, 2.45) is 17.8 Å². The molecule has 0 saturated heterocycles. The predicted molar refractivity (Wildman–Crippen MR) is 94.2 cm³/mol. The maximum absolute atomic E-state index is 12.7. The zero-order valence-corrected chi connectivity index (χ0v) is 14.9. The van der Waals surface area contributed by atoms with Crippen LogP contribution in [0.25, 0.3) is 0 Å². The maximum atomic E-state index is 12.7. The summed E-state index contributed by atoms with van der Waals surface area (Å²) in [6.45, 7) is 6.72. The summed E-state index contributed by atoms with van der Waals surface area (Å²) in [7, 11) is 0. The number of carbonyl (C=O) groups excluding carboxylic acids is 1. The van der Waals surface area contributed by atoms with Gasteiger partial charge in [0.05, 0.1) is 11.6 Å². The second-order valence-electron chi connectivity index (χ2n) is 7.48. The van der Waals surface area contributed by atoms with Crippen LogP contribution < -0.4 is 5.32 Å². The minimum absolute atomic E-state index is 0.00983. The molecule has 1 saturated carbocycles. The monoisotopic (exact) mass is 328 g/mol. The van der Waals surface area contributed by atoms with E-state index < -0.39 is 5.60 Å². The van der Waals surface area contributed by atoms with Crippen LogP contribution in [0.1, 0.15) is 51.2 Å². The lowest BCUT2D eigenvalue weighted by Gasteiger charge is -2.43. The lowest BCUT2D eigenvalue weighted by atomic mass is 9.66. The van der Waals surface area contributed by atoms with E-state index in [1.165, 1.54) is 0 Å². The Bertz CT molecular complexity index is 620. The van der Waals surface area contributed by atoms with Gasteiger partial charge in [-0.2, -0.15) is 5.26 Å². The quantitative estimate of drug-likeness (QED) is 0.872. The molecule has 0 heterocycles. The van der Waals surface area contributed by atoms with E-state index in [1.807, 2.05) is 18.2 Å². The van der Waals surface area contributed by atoms with Crippen LogP contribution >= 0.6 is 0 Å². The fourth-order valence-corrected chi connectivity index (χ4v) is 3.90. The van der Waals surface area contributed by atoms with Crippen LogP contribution in [0.2, 0.25) is 0 Å². The molecule has 0 radical (unpaired) electrons. The molecular formula is C20H28N2O2. The first-order valence-electron chi connectivity index (χ1n) is 8.86. The molecule has 0 bridgehead atoms. The van der Waals surface area contributed by atoms with Gasteiger partial charge >= 0.3 is 0 Å². The third kappa shape index (κ3) is 4.15. The molecule has 4 nitrogen and oxygen atoms in total. The van der Waals surface area contributed by atoms with Crippen molar-refractivity contribution >= 4 is 5.91 Å². The summed E-state index contributed by atoms with van der Waals surface area (Å²) >= 11 is 0. The molecule has 3 unspecified atom stereocenters. The highest BCUT2D eigenvalue weighted by atomic mass is 16.3. The van der Waals surface area contributed by atoms with Gasteiger partial charge in [-0.1, -0.05) is 39.3 Å². The fraction of sp³-hybridized carbons (Fsp3) is 0.600. The van der Waals surface area contributed by atoms with Crippen molar-refractivity contribution in [3.8, 4) is 6.07 Å². The van der Waals surface area contributed by atoms with Gasteiger partial charge < -0.3 is 10.4 Å². The molecule has 130 valence electrons. The molecule has 1 amide bonds. The van der Waals surface area contributed by atoms with Gasteiger partial charge in [-0.3, -0.25) is 4.79 Å². The number of nitriles is 1. The van der Waals surface area contributed by atoms with Gasteiger partial charge in [0.2, 0.25) is 0 Å². The number of carbonyl (C=O) groups is 1. The van der Waals surface area contributed by atoms with Crippen molar-refractivity contribution in [1.29, 1.82) is 5.26 Å². The summed E-state index contributed by atoms with van der Waals surface area (Å²) in [6, 6.07) is 9.51. The van der Waals surface area contributed by atoms with Crippen LogP contribution in [0.15, 0.2) is 24.3 Å². The third-order valence-corrected chi connectivity index (χ3v) is 5.20. The van der Waals surface area contributed by atoms with E-state index in [2.05, 4.69) is 32.2 Å². The smallest absolute Gasteiger partial charge is 0.252 e. The normalized spacial score (nSPS) is 26.8. The summed E-state index contributed by atoms with van der Waals surface area (Å²) in [5, 5.41) is 22.9. The summed E-state index contributed by atoms with van der Waals surface area (Å²) in [5.74, 6) is 0.406. The first kappa shape index (κ1) is 18.5. The Morgan fingerprint density at radius 1 is 1.46 bits per heavy atom. The molecule has 3 atom stereocenters. The average molecular weight is 328 g/mol.